The molecule has 0 aliphatic carbocycles. The number of carbonyl (C=O) groups is 1. The minimum atomic E-state index is -0.130. The molecule has 2 aliphatic heterocycles. The summed E-state index contributed by atoms with van der Waals surface area (Å²) in [5, 5.41) is 4.04. The van der Waals surface area contributed by atoms with E-state index >= 15 is 0 Å². The van der Waals surface area contributed by atoms with Crippen LogP contribution < -0.4 is 0 Å². The zero-order chi connectivity index (χ0) is 20.8. The number of piperidine rings is 1. The topological polar surface area (TPSA) is 90.6 Å². The van der Waals surface area contributed by atoms with Gasteiger partial charge >= 0.3 is 0 Å². The van der Waals surface area contributed by atoms with Crippen molar-refractivity contribution in [3.8, 4) is 0 Å². The predicted octanol–water partition coefficient (Wildman–Crippen LogP) is 2.23. The van der Waals surface area contributed by atoms with Gasteiger partial charge in [0.25, 0.3) is 0 Å². The minimum Gasteiger partial charge on any atom is -0.384 e. The summed E-state index contributed by atoms with van der Waals surface area (Å²) in [5.41, 5.74) is 0.878. The molecule has 162 valence electrons. The molecule has 0 bridgehead atoms. The molecule has 2 fully saturated rings. The maximum atomic E-state index is 12.6. The van der Waals surface area contributed by atoms with Gasteiger partial charge in [0, 0.05) is 52.0 Å². The molecule has 1 spiro atoms. The van der Waals surface area contributed by atoms with E-state index in [1.165, 1.54) is 0 Å². The number of nitrogens with zero attached hydrogens (tertiary/aromatic N) is 4. The fourth-order valence-electron chi connectivity index (χ4n) is 4.52. The number of aromatic nitrogens is 3. The molecule has 0 N–H and O–H groups in total. The maximum absolute atomic E-state index is 12.6. The lowest BCUT2D eigenvalue weighted by Gasteiger charge is -2.46. The summed E-state index contributed by atoms with van der Waals surface area (Å²) >= 11 is 0. The van der Waals surface area contributed by atoms with Gasteiger partial charge in [0.15, 0.2) is 5.82 Å². The number of carbonyl (C=O) groups excluding carboxylic acids is 1. The normalized spacial score (nSPS) is 21.1. The van der Waals surface area contributed by atoms with Crippen molar-refractivity contribution in [3.63, 3.8) is 0 Å². The first-order valence-corrected chi connectivity index (χ1v) is 10.8. The lowest BCUT2D eigenvalue weighted by molar-refractivity contribution is -0.146. The Hall–Kier alpha value is -2.32. The molecule has 8 nitrogen and oxygen atoms in total. The highest BCUT2D eigenvalue weighted by Crippen LogP contribution is 2.38. The van der Waals surface area contributed by atoms with Gasteiger partial charge in [0.2, 0.25) is 11.8 Å². The van der Waals surface area contributed by atoms with E-state index in [9.17, 15) is 4.79 Å². The molecule has 1 amide bonds. The zero-order valence-electron chi connectivity index (χ0n) is 17.6. The largest absolute Gasteiger partial charge is 0.384 e. The van der Waals surface area contributed by atoms with Crippen molar-refractivity contribution in [2.24, 2.45) is 5.92 Å². The quantitative estimate of drug-likeness (QED) is 0.686. The molecular formula is C22H30N4O4. The van der Waals surface area contributed by atoms with Crippen LogP contribution in [-0.2, 0) is 33.5 Å². The number of ether oxygens (including phenoxy) is 2. The van der Waals surface area contributed by atoms with Gasteiger partial charge in [0.05, 0.1) is 18.6 Å². The zero-order valence-corrected chi connectivity index (χ0v) is 17.6. The number of rotatable bonds is 7. The van der Waals surface area contributed by atoms with Gasteiger partial charge in [0.1, 0.15) is 0 Å². The molecule has 8 heteroatoms. The fraction of sp³-hybridized carbons (Fsp3) is 0.636. The van der Waals surface area contributed by atoms with E-state index in [2.05, 4.69) is 15.1 Å². The Morgan fingerprint density at radius 2 is 2.10 bits per heavy atom. The number of likely N-dealkylation sites (tertiary alicyclic amines) is 1. The molecule has 2 aromatic heterocycles. The Morgan fingerprint density at radius 3 is 2.87 bits per heavy atom. The second-order valence-corrected chi connectivity index (χ2v) is 8.35. The van der Waals surface area contributed by atoms with Crippen LogP contribution in [-0.4, -0.2) is 64.9 Å². The van der Waals surface area contributed by atoms with Gasteiger partial charge in [-0.25, -0.2) is 0 Å². The second kappa shape index (κ2) is 9.66. The standard InChI is InChI=1S/C22H30N4O4/c1-28-12-5-19-24-20(30-25-19)14-18-4-13-29-22(16-18)6-10-26(11-7-22)21(27)15-17-2-8-23-9-3-17/h2-3,8-9,18H,4-7,10-16H2,1H3. The van der Waals surface area contributed by atoms with Crippen LogP contribution in [0.3, 0.4) is 0 Å². The van der Waals surface area contributed by atoms with E-state index < -0.39 is 0 Å². The first kappa shape index (κ1) is 20.9. The summed E-state index contributed by atoms with van der Waals surface area (Å²) in [7, 11) is 1.67. The Morgan fingerprint density at radius 1 is 1.30 bits per heavy atom. The number of hydrogen-bond acceptors (Lipinski definition) is 7. The van der Waals surface area contributed by atoms with Crippen molar-refractivity contribution in [1.82, 2.24) is 20.0 Å². The maximum Gasteiger partial charge on any atom is 0.226 e. The SMILES string of the molecule is COCCc1noc(CC2CCOC3(CCN(C(=O)Cc4ccncc4)CC3)C2)n1. The highest BCUT2D eigenvalue weighted by molar-refractivity contribution is 5.78. The first-order valence-electron chi connectivity index (χ1n) is 10.8. The molecule has 2 aliphatic rings. The van der Waals surface area contributed by atoms with E-state index in [0.717, 1.165) is 57.4 Å². The van der Waals surface area contributed by atoms with Gasteiger partial charge in [-0.05, 0) is 49.3 Å². The van der Waals surface area contributed by atoms with Crippen LogP contribution in [0.15, 0.2) is 29.0 Å². The average Bonchev–Trinajstić information content (AvgIpc) is 3.21. The molecule has 0 radical (unpaired) electrons. The highest BCUT2D eigenvalue weighted by Gasteiger charge is 2.41. The van der Waals surface area contributed by atoms with E-state index in [1.54, 1.807) is 19.5 Å². The monoisotopic (exact) mass is 414 g/mol. The number of methoxy groups -OCH3 is 1. The molecule has 0 saturated carbocycles. The van der Waals surface area contributed by atoms with E-state index in [4.69, 9.17) is 14.0 Å². The Balaban J connectivity index is 1.28. The fourth-order valence-corrected chi connectivity index (χ4v) is 4.52. The lowest BCUT2D eigenvalue weighted by atomic mass is 9.78. The van der Waals surface area contributed by atoms with Crippen molar-refractivity contribution in [1.29, 1.82) is 0 Å². The van der Waals surface area contributed by atoms with Gasteiger partial charge in [-0.15, -0.1) is 0 Å². The summed E-state index contributed by atoms with van der Waals surface area (Å²) < 4.78 is 16.7. The molecule has 2 saturated heterocycles. The molecule has 2 aromatic rings. The van der Waals surface area contributed by atoms with Crippen molar-refractivity contribution in [3.05, 3.63) is 41.8 Å². The average molecular weight is 415 g/mol. The highest BCUT2D eigenvalue weighted by atomic mass is 16.5. The van der Waals surface area contributed by atoms with Gasteiger partial charge in [-0.3, -0.25) is 9.78 Å². The lowest BCUT2D eigenvalue weighted by Crippen LogP contribution is -2.51. The molecule has 4 heterocycles. The van der Waals surface area contributed by atoms with Gasteiger partial charge in [-0.1, -0.05) is 5.16 Å². The van der Waals surface area contributed by atoms with Crippen molar-refractivity contribution >= 4 is 5.91 Å². The van der Waals surface area contributed by atoms with Crippen molar-refractivity contribution < 1.29 is 18.8 Å². The van der Waals surface area contributed by atoms with Crippen LogP contribution in [0.2, 0.25) is 0 Å². The summed E-state index contributed by atoms with van der Waals surface area (Å²) in [5.74, 6) is 2.05. The molecule has 0 aromatic carbocycles. The summed E-state index contributed by atoms with van der Waals surface area (Å²) in [6, 6.07) is 3.80. The number of hydrogen-bond donors (Lipinski definition) is 0. The number of pyridine rings is 1. The second-order valence-electron chi connectivity index (χ2n) is 8.35. The van der Waals surface area contributed by atoms with Crippen LogP contribution in [0.1, 0.15) is 43.0 Å². The van der Waals surface area contributed by atoms with E-state index in [0.29, 0.717) is 37.1 Å². The van der Waals surface area contributed by atoms with E-state index in [-0.39, 0.29) is 11.5 Å². The third-order valence-electron chi connectivity index (χ3n) is 6.23. The van der Waals surface area contributed by atoms with Crippen molar-refractivity contribution in [2.45, 2.75) is 50.5 Å². The third kappa shape index (κ3) is 5.23. The summed E-state index contributed by atoms with van der Waals surface area (Å²) in [6.07, 6.45) is 9.10. The third-order valence-corrected chi connectivity index (χ3v) is 6.23. The summed E-state index contributed by atoms with van der Waals surface area (Å²) in [6.45, 7) is 2.84. The van der Waals surface area contributed by atoms with Crippen LogP contribution in [0.25, 0.3) is 0 Å². The van der Waals surface area contributed by atoms with Crippen LogP contribution in [0, 0.1) is 5.92 Å². The summed E-state index contributed by atoms with van der Waals surface area (Å²) in [4.78, 5) is 23.1. The predicted molar refractivity (Wildman–Crippen MR) is 109 cm³/mol. The molecular weight excluding hydrogens is 384 g/mol. The molecule has 4 rings (SSSR count). The van der Waals surface area contributed by atoms with Crippen LogP contribution in [0.4, 0.5) is 0 Å². The van der Waals surface area contributed by atoms with Crippen LogP contribution >= 0.6 is 0 Å². The van der Waals surface area contributed by atoms with E-state index in [1.807, 2.05) is 17.0 Å². The van der Waals surface area contributed by atoms with Gasteiger partial charge < -0.3 is 18.9 Å². The number of amides is 1. The Bertz CT molecular complexity index is 818. The Kier molecular flexibility index (Phi) is 6.74. The molecule has 1 unspecified atom stereocenters. The van der Waals surface area contributed by atoms with Crippen LogP contribution in [0.5, 0.6) is 0 Å². The Labute approximate surface area is 177 Å². The van der Waals surface area contributed by atoms with Gasteiger partial charge in [-0.2, -0.15) is 4.98 Å². The smallest absolute Gasteiger partial charge is 0.226 e. The first-order chi connectivity index (χ1) is 14.7. The minimum absolute atomic E-state index is 0.130. The van der Waals surface area contributed by atoms with Crippen molar-refractivity contribution in [2.75, 3.05) is 33.4 Å². The molecule has 30 heavy (non-hydrogen) atoms. The molecule has 1 atom stereocenters.